The van der Waals surface area contributed by atoms with E-state index in [0.717, 1.165) is 41.4 Å². The highest BCUT2D eigenvalue weighted by Gasteiger charge is 2.21. The van der Waals surface area contributed by atoms with Gasteiger partial charge >= 0.3 is 0 Å². The van der Waals surface area contributed by atoms with Gasteiger partial charge in [-0.1, -0.05) is 6.07 Å². The lowest BCUT2D eigenvalue weighted by molar-refractivity contribution is 0.822. The topological polar surface area (TPSA) is 72.9 Å². The monoisotopic (exact) mass is 306 g/mol. The molecule has 4 rings (SSSR count). The molecule has 0 amide bonds. The Morgan fingerprint density at radius 1 is 1.04 bits per heavy atom. The Morgan fingerprint density at radius 3 is 2.65 bits per heavy atom. The number of hydrogen-bond acceptors (Lipinski definition) is 5. The molecule has 6 nitrogen and oxygen atoms in total. The van der Waals surface area contributed by atoms with Gasteiger partial charge in [-0.15, -0.1) is 10.2 Å². The molecular weight excluding hydrogens is 288 g/mol. The van der Waals surface area contributed by atoms with Crippen LogP contribution in [0.25, 0.3) is 16.8 Å². The lowest BCUT2D eigenvalue weighted by atomic mass is 10.1. The SMILES string of the molecule is Cc1nnc2n1-c1ccc(-c3ccc(N)nc3)cc1N(C)CC2. The summed E-state index contributed by atoms with van der Waals surface area (Å²) in [6.07, 6.45) is 2.69. The quantitative estimate of drug-likeness (QED) is 0.746. The van der Waals surface area contributed by atoms with Gasteiger partial charge in [0.1, 0.15) is 17.5 Å². The van der Waals surface area contributed by atoms with Crippen molar-refractivity contribution < 1.29 is 0 Å². The lowest BCUT2D eigenvalue weighted by Gasteiger charge is -2.20. The van der Waals surface area contributed by atoms with Crippen molar-refractivity contribution in [3.63, 3.8) is 0 Å². The van der Waals surface area contributed by atoms with Crippen LogP contribution in [0.15, 0.2) is 36.5 Å². The normalized spacial score (nSPS) is 13.4. The van der Waals surface area contributed by atoms with Crippen molar-refractivity contribution in [2.75, 3.05) is 24.2 Å². The molecule has 0 saturated heterocycles. The van der Waals surface area contributed by atoms with Gasteiger partial charge in [0.25, 0.3) is 0 Å². The lowest BCUT2D eigenvalue weighted by Crippen LogP contribution is -2.19. The van der Waals surface area contributed by atoms with Crippen molar-refractivity contribution in [3.8, 4) is 16.8 Å². The van der Waals surface area contributed by atoms with Crippen LogP contribution in [0.1, 0.15) is 11.6 Å². The third-order valence-corrected chi connectivity index (χ3v) is 4.31. The average molecular weight is 306 g/mol. The largest absolute Gasteiger partial charge is 0.384 e. The van der Waals surface area contributed by atoms with Gasteiger partial charge in [0.05, 0.1) is 11.4 Å². The Bertz CT molecular complexity index is 865. The number of aromatic nitrogens is 4. The van der Waals surface area contributed by atoms with Gasteiger partial charge in [-0.3, -0.25) is 4.57 Å². The molecule has 3 heterocycles. The van der Waals surface area contributed by atoms with Gasteiger partial charge < -0.3 is 10.6 Å². The number of nitrogens with zero attached hydrogens (tertiary/aromatic N) is 5. The van der Waals surface area contributed by atoms with Gasteiger partial charge in [-0.05, 0) is 36.8 Å². The van der Waals surface area contributed by atoms with Crippen LogP contribution < -0.4 is 10.6 Å². The van der Waals surface area contributed by atoms with Crippen molar-refractivity contribution in [2.24, 2.45) is 0 Å². The molecule has 1 aromatic carbocycles. The molecule has 116 valence electrons. The minimum atomic E-state index is 0.533. The first kappa shape index (κ1) is 13.8. The van der Waals surface area contributed by atoms with Crippen LogP contribution >= 0.6 is 0 Å². The van der Waals surface area contributed by atoms with Crippen molar-refractivity contribution >= 4 is 11.5 Å². The average Bonchev–Trinajstić information content (AvgIpc) is 2.86. The second-order valence-electron chi connectivity index (χ2n) is 5.85. The van der Waals surface area contributed by atoms with Crippen LogP contribution in [-0.4, -0.2) is 33.3 Å². The summed E-state index contributed by atoms with van der Waals surface area (Å²) in [7, 11) is 2.11. The van der Waals surface area contributed by atoms with Crippen molar-refractivity contribution in [1.82, 2.24) is 19.7 Å². The standard InChI is InChI=1S/C17H18N6/c1-11-20-21-17-7-8-22(2)15-9-12(3-5-14(15)23(11)17)13-4-6-16(18)19-10-13/h3-6,9-10H,7-8H2,1-2H3,(H2,18,19). The van der Waals surface area contributed by atoms with E-state index in [2.05, 4.69) is 49.9 Å². The Balaban J connectivity index is 1.88. The Morgan fingerprint density at radius 2 is 1.87 bits per heavy atom. The van der Waals surface area contributed by atoms with E-state index in [1.807, 2.05) is 25.3 Å². The highest BCUT2D eigenvalue weighted by atomic mass is 15.3. The molecule has 0 atom stereocenters. The summed E-state index contributed by atoms with van der Waals surface area (Å²) >= 11 is 0. The Kier molecular flexibility index (Phi) is 3.04. The molecule has 0 spiro atoms. The molecule has 3 aromatic rings. The Hall–Kier alpha value is -2.89. The first-order chi connectivity index (χ1) is 11.1. The van der Waals surface area contributed by atoms with E-state index in [9.17, 15) is 0 Å². The van der Waals surface area contributed by atoms with Crippen molar-refractivity contribution in [1.29, 1.82) is 0 Å². The third kappa shape index (κ3) is 2.23. The molecule has 0 unspecified atom stereocenters. The van der Waals surface area contributed by atoms with E-state index < -0.39 is 0 Å². The zero-order valence-electron chi connectivity index (χ0n) is 13.2. The predicted molar refractivity (Wildman–Crippen MR) is 90.7 cm³/mol. The smallest absolute Gasteiger partial charge is 0.139 e. The highest BCUT2D eigenvalue weighted by molar-refractivity contribution is 5.75. The van der Waals surface area contributed by atoms with Crippen LogP contribution in [0, 0.1) is 6.92 Å². The maximum atomic E-state index is 5.68. The van der Waals surface area contributed by atoms with Gasteiger partial charge in [-0.25, -0.2) is 4.98 Å². The van der Waals surface area contributed by atoms with Crippen LogP contribution in [0.5, 0.6) is 0 Å². The predicted octanol–water partition coefficient (Wildman–Crippen LogP) is 2.21. The first-order valence-electron chi connectivity index (χ1n) is 7.62. The number of benzene rings is 1. The number of anilines is 2. The zero-order valence-corrected chi connectivity index (χ0v) is 13.2. The highest BCUT2D eigenvalue weighted by Crippen LogP contribution is 2.33. The summed E-state index contributed by atoms with van der Waals surface area (Å²) in [6.45, 7) is 2.90. The number of nitrogens with two attached hydrogens (primary N) is 1. The van der Waals surface area contributed by atoms with Gasteiger partial charge in [0, 0.05) is 31.8 Å². The summed E-state index contributed by atoms with van der Waals surface area (Å²) in [5.74, 6) is 2.46. The van der Waals surface area contributed by atoms with Crippen LogP contribution in [0.2, 0.25) is 0 Å². The molecule has 2 aromatic heterocycles. The van der Waals surface area contributed by atoms with Crippen molar-refractivity contribution in [3.05, 3.63) is 48.2 Å². The minimum Gasteiger partial charge on any atom is -0.384 e. The number of aryl methyl sites for hydroxylation is 1. The second kappa shape index (κ2) is 5.08. The maximum absolute atomic E-state index is 5.68. The van der Waals surface area contributed by atoms with E-state index >= 15 is 0 Å². The fourth-order valence-electron chi connectivity index (χ4n) is 3.04. The molecule has 6 heteroatoms. The summed E-state index contributed by atoms with van der Waals surface area (Å²) in [4.78, 5) is 6.45. The van der Waals surface area contributed by atoms with E-state index in [-0.39, 0.29) is 0 Å². The summed E-state index contributed by atoms with van der Waals surface area (Å²) < 4.78 is 2.14. The number of likely N-dealkylation sites (N-methyl/N-ethyl adjacent to an activating group) is 1. The van der Waals surface area contributed by atoms with Gasteiger partial charge in [-0.2, -0.15) is 0 Å². The van der Waals surface area contributed by atoms with Crippen LogP contribution in [0.3, 0.4) is 0 Å². The molecular formula is C17H18N6. The zero-order chi connectivity index (χ0) is 16.0. The molecule has 0 fully saturated rings. The number of rotatable bonds is 1. The number of pyridine rings is 1. The molecule has 0 radical (unpaired) electrons. The molecule has 2 N–H and O–H groups in total. The Labute approximate surface area is 134 Å². The summed E-state index contributed by atoms with van der Waals surface area (Å²) in [5.41, 5.74) is 10.1. The van der Waals surface area contributed by atoms with E-state index in [1.165, 1.54) is 5.69 Å². The fourth-order valence-corrected chi connectivity index (χ4v) is 3.04. The van der Waals surface area contributed by atoms with E-state index in [0.29, 0.717) is 5.82 Å². The van der Waals surface area contributed by atoms with E-state index in [1.54, 1.807) is 0 Å². The maximum Gasteiger partial charge on any atom is 0.139 e. The first-order valence-corrected chi connectivity index (χ1v) is 7.62. The molecule has 0 aliphatic carbocycles. The summed E-state index contributed by atoms with van der Waals surface area (Å²) in [5, 5.41) is 8.53. The van der Waals surface area contributed by atoms with Gasteiger partial charge in [0.2, 0.25) is 0 Å². The fraction of sp³-hybridized carbons (Fsp3) is 0.235. The molecule has 1 aliphatic heterocycles. The number of fused-ring (bicyclic) bond motifs is 3. The molecule has 1 aliphatic rings. The van der Waals surface area contributed by atoms with E-state index in [4.69, 9.17) is 5.73 Å². The molecule has 0 bridgehead atoms. The molecule has 0 saturated carbocycles. The van der Waals surface area contributed by atoms with Crippen LogP contribution in [-0.2, 0) is 6.42 Å². The van der Waals surface area contributed by atoms with Crippen molar-refractivity contribution in [2.45, 2.75) is 13.3 Å². The summed E-state index contributed by atoms with van der Waals surface area (Å²) in [6, 6.07) is 10.2. The number of nitrogen functional groups attached to an aromatic ring is 1. The van der Waals surface area contributed by atoms with Gasteiger partial charge in [0.15, 0.2) is 0 Å². The molecule has 23 heavy (non-hydrogen) atoms. The van der Waals surface area contributed by atoms with Crippen LogP contribution in [0.4, 0.5) is 11.5 Å². The second-order valence-corrected chi connectivity index (χ2v) is 5.85. The third-order valence-electron chi connectivity index (χ3n) is 4.31. The number of hydrogen-bond donors (Lipinski definition) is 1. The minimum absolute atomic E-state index is 0.533.